The van der Waals surface area contributed by atoms with Crippen molar-refractivity contribution in [3.8, 4) is 0 Å². The molecule has 0 aliphatic heterocycles. The van der Waals surface area contributed by atoms with Crippen molar-refractivity contribution in [2.45, 2.75) is 97.6 Å². The van der Waals surface area contributed by atoms with Crippen molar-refractivity contribution in [1.29, 1.82) is 0 Å². The van der Waals surface area contributed by atoms with Crippen LogP contribution in [0.2, 0.25) is 0 Å². The van der Waals surface area contributed by atoms with E-state index in [-0.39, 0.29) is 71.4 Å². The van der Waals surface area contributed by atoms with E-state index in [4.69, 9.17) is 15.2 Å². The van der Waals surface area contributed by atoms with E-state index in [2.05, 4.69) is 6.92 Å². The molecule has 0 saturated carbocycles. The number of nitrogens with two attached hydrogens (primary N) is 1. The molecule has 1 amide bonds. The molecule has 0 spiro atoms. The number of carbonyl (C=O) groups is 2. The molecule has 0 fully saturated rings. The van der Waals surface area contributed by atoms with Crippen LogP contribution in [0.25, 0.3) is 0 Å². The second kappa shape index (κ2) is 17.9. The first kappa shape index (κ1) is 31.5. The molecule has 0 saturated heterocycles. The van der Waals surface area contributed by atoms with Gasteiger partial charge < -0.3 is 15.2 Å². The van der Waals surface area contributed by atoms with Gasteiger partial charge in [0.25, 0.3) is 0 Å². The summed E-state index contributed by atoms with van der Waals surface area (Å²) in [6.07, 6.45) is 3.35. The molecule has 0 bridgehead atoms. The molecular weight excluding hydrogens is 358 g/mol. The molecule has 3 N–H and O–H groups in total. The van der Waals surface area contributed by atoms with E-state index in [1.807, 2.05) is 0 Å². The number of amides is 1. The van der Waals surface area contributed by atoms with Gasteiger partial charge in [-0.3, -0.25) is 10.0 Å². The van der Waals surface area contributed by atoms with Gasteiger partial charge in [-0.25, -0.2) is 9.86 Å². The number of carbonyl (C=O) groups excluding carboxylic acids is 2. The van der Waals surface area contributed by atoms with E-state index in [0.29, 0.717) is 5.06 Å². The molecule has 0 aliphatic carbocycles. The van der Waals surface area contributed by atoms with E-state index < -0.39 is 30.4 Å². The van der Waals surface area contributed by atoms with Gasteiger partial charge in [0, 0.05) is 6.42 Å². The van der Waals surface area contributed by atoms with Crippen molar-refractivity contribution in [2.75, 3.05) is 0 Å². The summed E-state index contributed by atoms with van der Waals surface area (Å²) in [5.74, 6) is -0.936. The molecule has 0 aromatic heterocycles. The molecule has 7 nitrogen and oxygen atoms in total. The maximum atomic E-state index is 12.0. The van der Waals surface area contributed by atoms with Crippen molar-refractivity contribution >= 4 is 71.0 Å². The molecule has 0 radical (unpaired) electrons. The van der Waals surface area contributed by atoms with Crippen LogP contribution in [-0.2, 0) is 19.1 Å². The third kappa shape index (κ3) is 13.9. The summed E-state index contributed by atoms with van der Waals surface area (Å²) in [6.45, 7) is 8.54. The number of unbranched alkanes of at least 4 members (excludes halogenated alkanes) is 4. The fourth-order valence-corrected chi connectivity index (χ4v) is 2.18. The van der Waals surface area contributed by atoms with Gasteiger partial charge in [-0.1, -0.05) is 32.6 Å². The standard InChI is InChI=1S/C17H34N2O5.2Na.2H/c1-6-7-8-9-10-11-16(20)19(22)12(2)13(3)24-17(21)14(4)23-15(5)18;;;;/h12-15,22H,6-11,18H2,1-5H3;;;;. The van der Waals surface area contributed by atoms with Gasteiger partial charge in [0.2, 0.25) is 5.91 Å². The van der Waals surface area contributed by atoms with Crippen LogP contribution in [0.15, 0.2) is 0 Å². The van der Waals surface area contributed by atoms with Crippen LogP contribution in [0, 0.1) is 0 Å². The number of esters is 1. The van der Waals surface area contributed by atoms with E-state index in [1.165, 1.54) is 0 Å². The van der Waals surface area contributed by atoms with Crippen LogP contribution >= 0.6 is 0 Å². The molecule has 146 valence electrons. The van der Waals surface area contributed by atoms with Crippen molar-refractivity contribution < 1.29 is 24.3 Å². The van der Waals surface area contributed by atoms with E-state index >= 15 is 0 Å². The Morgan fingerprint density at radius 1 is 1.04 bits per heavy atom. The molecule has 0 aromatic rings. The predicted octanol–water partition coefficient (Wildman–Crippen LogP) is 1.30. The number of hydrogen-bond acceptors (Lipinski definition) is 6. The minimum atomic E-state index is -0.805. The third-order valence-electron chi connectivity index (χ3n) is 3.87. The van der Waals surface area contributed by atoms with E-state index in [9.17, 15) is 14.8 Å². The predicted molar refractivity (Wildman–Crippen MR) is 106 cm³/mol. The Morgan fingerprint density at radius 2 is 1.58 bits per heavy atom. The van der Waals surface area contributed by atoms with Crippen molar-refractivity contribution in [3.63, 3.8) is 0 Å². The SMILES string of the molecule is CCCCCCCC(=O)N(O)C(C)C(C)OC(=O)C(C)OC(C)N.[NaH].[NaH]. The van der Waals surface area contributed by atoms with E-state index in [1.54, 1.807) is 27.7 Å². The average Bonchev–Trinajstić information content (AvgIpc) is 2.52. The first-order valence-corrected chi connectivity index (χ1v) is 8.83. The fourth-order valence-electron chi connectivity index (χ4n) is 2.18. The zero-order valence-electron chi connectivity index (χ0n) is 15.7. The van der Waals surface area contributed by atoms with Gasteiger partial charge in [-0.2, -0.15) is 0 Å². The Kier molecular flexibility index (Phi) is 21.7. The monoisotopic (exact) mass is 394 g/mol. The Morgan fingerprint density at radius 3 is 2.08 bits per heavy atom. The molecule has 0 heterocycles. The number of hydroxylamine groups is 2. The Labute approximate surface area is 202 Å². The average molecular weight is 394 g/mol. The van der Waals surface area contributed by atoms with Crippen molar-refractivity contribution in [3.05, 3.63) is 0 Å². The van der Waals surface area contributed by atoms with Crippen LogP contribution in [0.5, 0.6) is 0 Å². The van der Waals surface area contributed by atoms with Crippen LogP contribution in [0.1, 0.15) is 73.1 Å². The molecule has 26 heavy (non-hydrogen) atoms. The van der Waals surface area contributed by atoms with Crippen LogP contribution < -0.4 is 5.73 Å². The zero-order chi connectivity index (χ0) is 18.7. The van der Waals surface area contributed by atoms with Crippen molar-refractivity contribution in [1.82, 2.24) is 5.06 Å². The quantitative estimate of drug-likeness (QED) is 0.129. The van der Waals surface area contributed by atoms with Gasteiger partial charge in [-0.15, -0.1) is 0 Å². The topological polar surface area (TPSA) is 102 Å². The van der Waals surface area contributed by atoms with E-state index in [0.717, 1.165) is 32.1 Å². The van der Waals surface area contributed by atoms with Crippen LogP contribution in [0.4, 0.5) is 0 Å². The summed E-state index contributed by atoms with van der Waals surface area (Å²) in [6, 6.07) is -0.639. The molecule has 0 rings (SSSR count). The van der Waals surface area contributed by atoms with Gasteiger partial charge in [0.1, 0.15) is 12.3 Å². The van der Waals surface area contributed by atoms with Gasteiger partial charge >= 0.3 is 65.1 Å². The number of rotatable bonds is 12. The molecule has 0 aliphatic rings. The Hall–Kier alpha value is 0.820. The molecule has 4 atom stereocenters. The molecule has 4 unspecified atom stereocenters. The van der Waals surface area contributed by atoms with Gasteiger partial charge in [-0.05, 0) is 34.1 Å². The summed E-state index contributed by atoms with van der Waals surface area (Å²) < 4.78 is 10.4. The zero-order valence-corrected chi connectivity index (χ0v) is 15.7. The molecule has 9 heteroatoms. The third-order valence-corrected chi connectivity index (χ3v) is 3.87. The van der Waals surface area contributed by atoms with Crippen molar-refractivity contribution in [2.24, 2.45) is 5.73 Å². The van der Waals surface area contributed by atoms with Gasteiger partial charge in [0.15, 0.2) is 6.10 Å². The summed E-state index contributed by atoms with van der Waals surface area (Å²) in [5, 5.41) is 10.7. The minimum absolute atomic E-state index is 0. The first-order chi connectivity index (χ1) is 11.2. The maximum absolute atomic E-state index is 12.0. The summed E-state index contributed by atoms with van der Waals surface area (Å²) in [5.41, 5.74) is 5.46. The second-order valence-electron chi connectivity index (χ2n) is 6.27. The second-order valence-corrected chi connectivity index (χ2v) is 6.27. The summed E-state index contributed by atoms with van der Waals surface area (Å²) in [7, 11) is 0. The summed E-state index contributed by atoms with van der Waals surface area (Å²) >= 11 is 0. The first-order valence-electron chi connectivity index (χ1n) is 8.83. The normalized spacial score (nSPS) is 14.9. The number of nitrogens with zero attached hydrogens (tertiary/aromatic N) is 1. The Bertz CT molecular complexity index is 386. The fraction of sp³-hybridized carbons (Fsp3) is 0.882. The summed E-state index contributed by atoms with van der Waals surface area (Å²) in [4.78, 5) is 23.9. The van der Waals surface area contributed by atoms with Gasteiger partial charge in [0.05, 0.1) is 6.04 Å². The van der Waals surface area contributed by atoms with Crippen LogP contribution in [-0.4, -0.2) is 106 Å². The number of hydrogen-bond donors (Lipinski definition) is 2. The molecular formula is C17H36N2Na2O5. The van der Waals surface area contributed by atoms with Crippen LogP contribution in [0.3, 0.4) is 0 Å². The molecule has 0 aromatic carbocycles. The Balaban J connectivity index is -0.00000264. The number of ether oxygens (including phenoxy) is 2.